The summed E-state index contributed by atoms with van der Waals surface area (Å²) in [5, 5.41) is 0. The van der Waals surface area contributed by atoms with E-state index in [1.54, 1.807) is 12.1 Å². The first-order chi connectivity index (χ1) is 13.0. The van der Waals surface area contributed by atoms with Gasteiger partial charge in [-0.1, -0.05) is 12.1 Å². The number of aryl methyl sites for hydroxylation is 1. The molecule has 0 radical (unpaired) electrons. The Hall–Kier alpha value is -1.72. The van der Waals surface area contributed by atoms with Gasteiger partial charge in [0, 0.05) is 41.3 Å². The summed E-state index contributed by atoms with van der Waals surface area (Å²) in [6, 6.07) is 11.1. The van der Waals surface area contributed by atoms with Gasteiger partial charge in [0.25, 0.3) is 0 Å². The fourth-order valence-electron chi connectivity index (χ4n) is 4.65. The van der Waals surface area contributed by atoms with Crippen LogP contribution in [0.15, 0.2) is 36.4 Å². The lowest BCUT2D eigenvalue weighted by molar-refractivity contribution is -0.132. The van der Waals surface area contributed by atoms with Gasteiger partial charge in [0.2, 0.25) is 5.91 Å². The van der Waals surface area contributed by atoms with E-state index in [1.165, 1.54) is 15.8 Å². The number of carbonyl (C=O) groups excluding carboxylic acids is 1. The first kappa shape index (κ1) is 18.6. The normalized spacial score (nSPS) is 23.9. The second-order valence-corrected chi connectivity index (χ2v) is 9.35. The predicted octanol–water partition coefficient (Wildman–Crippen LogP) is 4.74. The molecule has 1 spiro atoms. The van der Waals surface area contributed by atoms with Crippen molar-refractivity contribution < 1.29 is 9.18 Å². The quantitative estimate of drug-likeness (QED) is 0.757. The number of halogens is 1. The van der Waals surface area contributed by atoms with Crippen LogP contribution in [-0.4, -0.2) is 34.3 Å². The maximum Gasteiger partial charge on any atom is 0.223 e. The Balaban J connectivity index is 1.46. The van der Waals surface area contributed by atoms with Crippen LogP contribution in [0.2, 0.25) is 0 Å². The van der Waals surface area contributed by atoms with Gasteiger partial charge in [-0.15, -0.1) is 11.3 Å². The zero-order valence-corrected chi connectivity index (χ0v) is 16.7. The van der Waals surface area contributed by atoms with E-state index in [1.807, 2.05) is 17.4 Å². The van der Waals surface area contributed by atoms with Crippen molar-refractivity contribution in [3.05, 3.63) is 57.5 Å². The molecule has 3 nitrogen and oxygen atoms in total. The lowest BCUT2D eigenvalue weighted by Crippen LogP contribution is -2.45. The Morgan fingerprint density at radius 3 is 2.78 bits per heavy atom. The molecule has 2 aliphatic heterocycles. The third-order valence-electron chi connectivity index (χ3n) is 6.09. The molecule has 1 amide bonds. The second-order valence-electron chi connectivity index (χ2n) is 7.98. The van der Waals surface area contributed by atoms with Crippen LogP contribution in [0, 0.1) is 12.7 Å². The molecule has 2 fully saturated rings. The summed E-state index contributed by atoms with van der Waals surface area (Å²) in [5.74, 6) is -0.00642. The topological polar surface area (TPSA) is 23.6 Å². The summed E-state index contributed by atoms with van der Waals surface area (Å²) in [5.41, 5.74) is 0.837. The monoisotopic (exact) mass is 386 g/mol. The average molecular weight is 387 g/mol. The molecule has 2 aromatic rings. The predicted molar refractivity (Wildman–Crippen MR) is 107 cm³/mol. The number of likely N-dealkylation sites (tertiary alicyclic amines) is 2. The van der Waals surface area contributed by atoms with Crippen LogP contribution in [0.1, 0.15) is 47.4 Å². The first-order valence-corrected chi connectivity index (χ1v) is 10.7. The smallest absolute Gasteiger partial charge is 0.223 e. The summed E-state index contributed by atoms with van der Waals surface area (Å²) in [6.07, 6.45) is 4.73. The number of nitrogens with zero attached hydrogens (tertiary/aromatic N) is 2. The molecule has 2 saturated heterocycles. The molecule has 1 aromatic carbocycles. The number of carbonyl (C=O) groups is 1. The molecule has 27 heavy (non-hydrogen) atoms. The van der Waals surface area contributed by atoms with Crippen molar-refractivity contribution in [2.75, 3.05) is 13.1 Å². The molecule has 1 atom stereocenters. The van der Waals surface area contributed by atoms with Gasteiger partial charge in [0.1, 0.15) is 5.82 Å². The summed E-state index contributed by atoms with van der Waals surface area (Å²) < 4.78 is 13.6. The van der Waals surface area contributed by atoms with E-state index in [9.17, 15) is 9.18 Å². The molecule has 0 unspecified atom stereocenters. The fourth-order valence-corrected chi connectivity index (χ4v) is 5.58. The van der Waals surface area contributed by atoms with Crippen molar-refractivity contribution in [3.63, 3.8) is 0 Å². The van der Waals surface area contributed by atoms with Crippen LogP contribution in [0.25, 0.3) is 0 Å². The number of hydrogen-bond acceptors (Lipinski definition) is 3. The van der Waals surface area contributed by atoms with Crippen LogP contribution < -0.4 is 0 Å². The number of amides is 1. The maximum atomic E-state index is 13.6. The number of thiophene rings is 1. The van der Waals surface area contributed by atoms with E-state index in [0.717, 1.165) is 50.9 Å². The number of hydrogen-bond donors (Lipinski definition) is 0. The van der Waals surface area contributed by atoms with E-state index in [-0.39, 0.29) is 17.3 Å². The first-order valence-electron chi connectivity index (χ1n) is 9.87. The molecule has 2 aliphatic rings. The number of benzene rings is 1. The van der Waals surface area contributed by atoms with Crippen molar-refractivity contribution in [1.82, 2.24) is 9.80 Å². The van der Waals surface area contributed by atoms with E-state index >= 15 is 0 Å². The SMILES string of the molecule is Cc1ccc(CN2CCC[C@@]3(CCC(=O)N3Cc3cccc(F)c3)CC2)s1. The van der Waals surface area contributed by atoms with E-state index in [4.69, 9.17) is 0 Å². The van der Waals surface area contributed by atoms with Crippen molar-refractivity contribution in [2.24, 2.45) is 0 Å². The summed E-state index contributed by atoms with van der Waals surface area (Å²) in [4.78, 5) is 20.0. The van der Waals surface area contributed by atoms with Crippen LogP contribution in [-0.2, 0) is 17.9 Å². The number of rotatable bonds is 4. The van der Waals surface area contributed by atoms with Gasteiger partial charge in [-0.2, -0.15) is 0 Å². The highest BCUT2D eigenvalue weighted by molar-refractivity contribution is 7.11. The van der Waals surface area contributed by atoms with Crippen LogP contribution in [0.3, 0.4) is 0 Å². The van der Waals surface area contributed by atoms with Crippen molar-refractivity contribution >= 4 is 17.2 Å². The zero-order valence-electron chi connectivity index (χ0n) is 15.9. The van der Waals surface area contributed by atoms with Crippen LogP contribution >= 0.6 is 11.3 Å². The molecular formula is C22H27FN2OS. The zero-order chi connectivity index (χ0) is 18.9. The Morgan fingerprint density at radius 2 is 2.00 bits per heavy atom. The molecule has 0 bridgehead atoms. The summed E-state index contributed by atoms with van der Waals surface area (Å²) in [6.45, 7) is 5.79. The third-order valence-corrected chi connectivity index (χ3v) is 7.08. The van der Waals surface area contributed by atoms with Crippen LogP contribution in [0.4, 0.5) is 4.39 Å². The summed E-state index contributed by atoms with van der Waals surface area (Å²) >= 11 is 1.87. The lowest BCUT2D eigenvalue weighted by atomic mass is 9.87. The fraction of sp³-hybridized carbons (Fsp3) is 0.500. The Labute approximate surface area is 164 Å². The molecule has 0 N–H and O–H groups in total. The van der Waals surface area contributed by atoms with E-state index in [0.29, 0.717) is 13.0 Å². The molecule has 3 heterocycles. The highest BCUT2D eigenvalue weighted by Gasteiger charge is 2.45. The van der Waals surface area contributed by atoms with Gasteiger partial charge in [-0.05, 0) is 69.0 Å². The molecule has 5 heteroatoms. The summed E-state index contributed by atoms with van der Waals surface area (Å²) in [7, 11) is 0. The molecule has 144 valence electrons. The minimum absolute atomic E-state index is 0.0521. The molecule has 4 rings (SSSR count). The highest BCUT2D eigenvalue weighted by atomic mass is 32.1. The molecule has 1 aromatic heterocycles. The lowest BCUT2D eigenvalue weighted by Gasteiger charge is -2.38. The second kappa shape index (κ2) is 7.72. The Morgan fingerprint density at radius 1 is 1.11 bits per heavy atom. The van der Waals surface area contributed by atoms with Gasteiger partial charge >= 0.3 is 0 Å². The largest absolute Gasteiger partial charge is 0.333 e. The minimum Gasteiger partial charge on any atom is -0.333 e. The van der Waals surface area contributed by atoms with Gasteiger partial charge in [0.15, 0.2) is 0 Å². The van der Waals surface area contributed by atoms with Gasteiger partial charge in [-0.25, -0.2) is 4.39 Å². The molecular weight excluding hydrogens is 359 g/mol. The molecule has 0 aliphatic carbocycles. The molecule has 0 saturated carbocycles. The van der Waals surface area contributed by atoms with Crippen molar-refractivity contribution in [3.8, 4) is 0 Å². The Kier molecular flexibility index (Phi) is 5.33. The van der Waals surface area contributed by atoms with Gasteiger partial charge in [0.05, 0.1) is 0 Å². The van der Waals surface area contributed by atoms with Gasteiger partial charge in [-0.3, -0.25) is 9.69 Å². The highest BCUT2D eigenvalue weighted by Crippen LogP contribution is 2.40. The van der Waals surface area contributed by atoms with Crippen LogP contribution in [0.5, 0.6) is 0 Å². The van der Waals surface area contributed by atoms with Crippen molar-refractivity contribution in [2.45, 2.75) is 57.7 Å². The van der Waals surface area contributed by atoms with Crippen molar-refractivity contribution in [1.29, 1.82) is 0 Å². The van der Waals surface area contributed by atoms with E-state index in [2.05, 4.69) is 28.9 Å². The standard InChI is InChI=1S/C22H27FN2OS/c1-17-6-7-20(27-17)16-24-12-3-9-22(11-13-24)10-8-21(26)25(22)15-18-4-2-5-19(23)14-18/h2,4-7,14H,3,8-13,15-16H2,1H3/t22-/m1/s1. The van der Waals surface area contributed by atoms with Gasteiger partial charge < -0.3 is 4.90 Å². The maximum absolute atomic E-state index is 13.6. The minimum atomic E-state index is -0.230. The third kappa shape index (κ3) is 4.09. The van der Waals surface area contributed by atoms with E-state index < -0.39 is 0 Å². The Bertz CT molecular complexity index is 820. The average Bonchev–Trinajstić information content (AvgIpc) is 3.10.